The van der Waals surface area contributed by atoms with Gasteiger partial charge in [0, 0.05) is 11.4 Å². The molecule has 0 aliphatic rings. The third-order valence-electron chi connectivity index (χ3n) is 2.67. The van der Waals surface area contributed by atoms with Crippen molar-refractivity contribution in [1.82, 2.24) is 0 Å². The zero-order valence-electron chi connectivity index (χ0n) is 9.66. The molecule has 0 unspecified atom stereocenters. The summed E-state index contributed by atoms with van der Waals surface area (Å²) >= 11 is 1.71. The highest BCUT2D eigenvalue weighted by atomic mass is 32.1. The summed E-state index contributed by atoms with van der Waals surface area (Å²) < 4.78 is 13.1. The van der Waals surface area contributed by atoms with E-state index >= 15 is 0 Å². The first kappa shape index (κ1) is 11.9. The summed E-state index contributed by atoms with van der Waals surface area (Å²) in [6, 6.07) is 6.49. The van der Waals surface area contributed by atoms with Crippen molar-refractivity contribution in [2.45, 2.75) is 19.9 Å². The van der Waals surface area contributed by atoms with Crippen molar-refractivity contribution in [3.05, 3.63) is 45.9 Å². The SMILES string of the molecule is CCc1ccsc1CNc1cc(F)ccc1N. The first-order chi connectivity index (χ1) is 8.20. The Balaban J connectivity index is 2.09. The Morgan fingerprint density at radius 3 is 2.94 bits per heavy atom. The molecule has 0 fully saturated rings. The number of benzene rings is 1. The summed E-state index contributed by atoms with van der Waals surface area (Å²) in [6.45, 7) is 2.82. The predicted octanol–water partition coefficient (Wildman–Crippen LogP) is 3.64. The first-order valence-corrected chi connectivity index (χ1v) is 6.42. The van der Waals surface area contributed by atoms with E-state index in [1.165, 1.54) is 22.6 Å². The standard InChI is InChI=1S/C13H15FN2S/c1-2-9-5-6-17-13(9)8-16-12-7-10(14)3-4-11(12)15/h3-7,16H,2,8,15H2,1H3. The van der Waals surface area contributed by atoms with E-state index in [0.717, 1.165) is 6.42 Å². The summed E-state index contributed by atoms with van der Waals surface area (Å²) in [4.78, 5) is 1.27. The van der Waals surface area contributed by atoms with E-state index < -0.39 is 0 Å². The highest BCUT2D eigenvalue weighted by molar-refractivity contribution is 7.10. The number of anilines is 2. The number of nitrogens with one attached hydrogen (secondary N) is 1. The molecule has 2 rings (SSSR count). The van der Waals surface area contributed by atoms with Crippen molar-refractivity contribution in [2.24, 2.45) is 0 Å². The minimum atomic E-state index is -0.274. The van der Waals surface area contributed by atoms with Crippen LogP contribution in [0, 0.1) is 5.82 Å². The number of hydrogen-bond donors (Lipinski definition) is 2. The first-order valence-electron chi connectivity index (χ1n) is 5.55. The Morgan fingerprint density at radius 1 is 1.35 bits per heavy atom. The average molecular weight is 250 g/mol. The van der Waals surface area contributed by atoms with E-state index in [-0.39, 0.29) is 5.82 Å². The Bertz CT molecular complexity index is 508. The second-order valence-electron chi connectivity index (χ2n) is 3.81. The van der Waals surface area contributed by atoms with E-state index in [2.05, 4.69) is 23.7 Å². The molecule has 0 aliphatic heterocycles. The van der Waals surface area contributed by atoms with Crippen LogP contribution >= 0.6 is 11.3 Å². The maximum atomic E-state index is 13.1. The van der Waals surface area contributed by atoms with E-state index in [1.807, 2.05) is 0 Å². The second-order valence-corrected chi connectivity index (χ2v) is 4.81. The zero-order chi connectivity index (χ0) is 12.3. The van der Waals surface area contributed by atoms with Gasteiger partial charge in [-0.15, -0.1) is 11.3 Å². The van der Waals surface area contributed by atoms with Crippen LogP contribution in [0.2, 0.25) is 0 Å². The lowest BCUT2D eigenvalue weighted by Crippen LogP contribution is -2.03. The molecule has 3 N–H and O–H groups in total. The van der Waals surface area contributed by atoms with Crippen molar-refractivity contribution in [3.8, 4) is 0 Å². The molecule has 4 heteroatoms. The molecule has 0 radical (unpaired) electrons. The summed E-state index contributed by atoms with van der Waals surface area (Å²) in [5, 5.41) is 5.25. The third-order valence-corrected chi connectivity index (χ3v) is 3.64. The number of nitrogen functional groups attached to an aromatic ring is 1. The summed E-state index contributed by atoms with van der Waals surface area (Å²) in [7, 11) is 0. The average Bonchev–Trinajstić information content (AvgIpc) is 2.77. The van der Waals surface area contributed by atoms with Crippen molar-refractivity contribution in [2.75, 3.05) is 11.1 Å². The lowest BCUT2D eigenvalue weighted by molar-refractivity contribution is 0.628. The zero-order valence-corrected chi connectivity index (χ0v) is 10.5. The molecule has 17 heavy (non-hydrogen) atoms. The number of aryl methyl sites for hydroxylation is 1. The maximum absolute atomic E-state index is 13.1. The molecule has 1 aromatic heterocycles. The second kappa shape index (κ2) is 5.19. The molecule has 90 valence electrons. The van der Waals surface area contributed by atoms with Crippen molar-refractivity contribution in [1.29, 1.82) is 0 Å². The van der Waals surface area contributed by atoms with Gasteiger partial charge in [0.05, 0.1) is 11.4 Å². The van der Waals surface area contributed by atoms with E-state index in [1.54, 1.807) is 17.4 Å². The monoisotopic (exact) mass is 250 g/mol. The van der Waals surface area contributed by atoms with Crippen LogP contribution in [0.1, 0.15) is 17.4 Å². The topological polar surface area (TPSA) is 38.0 Å². The molecule has 1 aromatic carbocycles. The van der Waals surface area contributed by atoms with Crippen LogP contribution < -0.4 is 11.1 Å². The highest BCUT2D eigenvalue weighted by Gasteiger charge is 2.04. The predicted molar refractivity (Wildman–Crippen MR) is 71.8 cm³/mol. The van der Waals surface area contributed by atoms with Crippen LogP contribution in [-0.4, -0.2) is 0 Å². The molecule has 2 nitrogen and oxygen atoms in total. The fourth-order valence-electron chi connectivity index (χ4n) is 1.69. The van der Waals surface area contributed by atoms with E-state index in [9.17, 15) is 4.39 Å². The maximum Gasteiger partial charge on any atom is 0.125 e. The largest absolute Gasteiger partial charge is 0.397 e. The van der Waals surface area contributed by atoms with Crippen LogP contribution in [0.4, 0.5) is 15.8 Å². The molecule has 0 saturated carbocycles. The summed E-state index contributed by atoms with van der Waals surface area (Å²) in [6.07, 6.45) is 1.01. The highest BCUT2D eigenvalue weighted by Crippen LogP contribution is 2.23. The molecule has 0 spiro atoms. The van der Waals surface area contributed by atoms with Crippen LogP contribution in [-0.2, 0) is 13.0 Å². The van der Waals surface area contributed by atoms with Gasteiger partial charge >= 0.3 is 0 Å². The van der Waals surface area contributed by atoms with Crippen LogP contribution in [0.3, 0.4) is 0 Å². The molecular formula is C13H15FN2S. The molecule has 0 bridgehead atoms. The fraction of sp³-hybridized carbons (Fsp3) is 0.231. The van der Waals surface area contributed by atoms with Crippen molar-refractivity contribution in [3.63, 3.8) is 0 Å². The fourth-order valence-corrected chi connectivity index (χ4v) is 2.61. The number of rotatable bonds is 4. The molecule has 0 saturated heterocycles. The Labute approximate surface area is 104 Å². The molecule has 1 heterocycles. The lowest BCUT2D eigenvalue weighted by atomic mass is 10.2. The molecule has 0 aliphatic carbocycles. The smallest absolute Gasteiger partial charge is 0.125 e. The van der Waals surface area contributed by atoms with Gasteiger partial charge in [-0.25, -0.2) is 4.39 Å². The summed E-state index contributed by atoms with van der Waals surface area (Å²) in [5.41, 5.74) is 8.33. The van der Waals surface area contributed by atoms with Crippen LogP contribution in [0.5, 0.6) is 0 Å². The number of thiophene rings is 1. The van der Waals surface area contributed by atoms with Gasteiger partial charge in [0.1, 0.15) is 5.82 Å². The lowest BCUT2D eigenvalue weighted by Gasteiger charge is -2.09. The van der Waals surface area contributed by atoms with Crippen molar-refractivity contribution >= 4 is 22.7 Å². The Morgan fingerprint density at radius 2 is 2.18 bits per heavy atom. The number of hydrogen-bond acceptors (Lipinski definition) is 3. The van der Waals surface area contributed by atoms with Gasteiger partial charge in [-0.05, 0) is 41.6 Å². The Kier molecular flexibility index (Phi) is 3.64. The normalized spacial score (nSPS) is 10.5. The number of halogens is 1. The minimum absolute atomic E-state index is 0.274. The minimum Gasteiger partial charge on any atom is -0.397 e. The summed E-state index contributed by atoms with van der Waals surface area (Å²) in [5.74, 6) is -0.274. The van der Waals surface area contributed by atoms with Gasteiger partial charge in [-0.1, -0.05) is 6.92 Å². The van der Waals surface area contributed by atoms with Gasteiger partial charge in [0.2, 0.25) is 0 Å². The molecular weight excluding hydrogens is 235 g/mol. The third kappa shape index (κ3) is 2.77. The quantitative estimate of drug-likeness (QED) is 0.813. The van der Waals surface area contributed by atoms with Gasteiger partial charge in [-0.2, -0.15) is 0 Å². The van der Waals surface area contributed by atoms with E-state index in [4.69, 9.17) is 5.73 Å². The van der Waals surface area contributed by atoms with Crippen LogP contribution in [0.25, 0.3) is 0 Å². The van der Waals surface area contributed by atoms with Crippen molar-refractivity contribution < 1.29 is 4.39 Å². The van der Waals surface area contributed by atoms with Gasteiger partial charge in [-0.3, -0.25) is 0 Å². The molecule has 2 aromatic rings. The number of nitrogens with two attached hydrogens (primary N) is 1. The molecule has 0 amide bonds. The van der Waals surface area contributed by atoms with E-state index in [0.29, 0.717) is 17.9 Å². The van der Waals surface area contributed by atoms with Gasteiger partial charge in [0.15, 0.2) is 0 Å². The Hall–Kier alpha value is -1.55. The van der Waals surface area contributed by atoms with Gasteiger partial charge < -0.3 is 11.1 Å². The van der Waals surface area contributed by atoms with Crippen LogP contribution in [0.15, 0.2) is 29.6 Å². The van der Waals surface area contributed by atoms with Gasteiger partial charge in [0.25, 0.3) is 0 Å². The molecule has 0 atom stereocenters.